The molecule has 2 aliphatic heterocycles. The van der Waals surface area contributed by atoms with Gasteiger partial charge in [-0.2, -0.15) is 0 Å². The maximum atomic E-state index is 12.1. The quantitative estimate of drug-likeness (QED) is 0.893. The van der Waals surface area contributed by atoms with E-state index in [2.05, 4.69) is 39.4 Å². The molecule has 0 spiro atoms. The number of ether oxygens (including phenoxy) is 1. The van der Waals surface area contributed by atoms with E-state index in [1.54, 1.807) is 0 Å². The van der Waals surface area contributed by atoms with E-state index in [-0.39, 0.29) is 11.9 Å². The summed E-state index contributed by atoms with van der Waals surface area (Å²) < 4.78 is 5.93. The lowest BCUT2D eigenvalue weighted by molar-refractivity contribution is -0.131. The van der Waals surface area contributed by atoms with Crippen molar-refractivity contribution in [1.82, 2.24) is 15.1 Å². The van der Waals surface area contributed by atoms with Gasteiger partial charge in [0.15, 0.2) is 0 Å². The second-order valence-electron chi connectivity index (χ2n) is 7.00. The molecule has 1 amide bonds. The first kappa shape index (κ1) is 17.1. The molecule has 2 aliphatic rings. The summed E-state index contributed by atoms with van der Waals surface area (Å²) >= 11 is 0. The van der Waals surface area contributed by atoms with Crippen molar-refractivity contribution >= 4 is 5.91 Å². The fraction of sp³-hybridized carbons (Fsp3) is 0.381. The second kappa shape index (κ2) is 7.89. The summed E-state index contributed by atoms with van der Waals surface area (Å²) in [6, 6.07) is 18.5. The van der Waals surface area contributed by atoms with Gasteiger partial charge < -0.3 is 10.1 Å². The molecule has 0 radical (unpaired) electrons. The van der Waals surface area contributed by atoms with Crippen LogP contribution >= 0.6 is 0 Å². The van der Waals surface area contributed by atoms with Crippen LogP contribution in [0.5, 0.6) is 5.75 Å². The van der Waals surface area contributed by atoms with Crippen LogP contribution in [-0.2, 0) is 17.9 Å². The number of piperazine rings is 2. The summed E-state index contributed by atoms with van der Waals surface area (Å²) in [4.78, 5) is 16.8. The standard InChI is InChI=1S/C21H25N3O2/c25-21-20-15-23(11-12-24(20)10-9-22-21)14-18-7-4-8-19(13-18)26-16-17-5-2-1-3-6-17/h1-8,13,20H,9-12,14-16H2,(H,22,25)/t20-/m0/s1. The van der Waals surface area contributed by atoms with Gasteiger partial charge in [0.05, 0.1) is 0 Å². The predicted molar refractivity (Wildman–Crippen MR) is 101 cm³/mol. The molecule has 2 aromatic rings. The molecule has 5 heteroatoms. The van der Waals surface area contributed by atoms with Crippen LogP contribution in [0, 0.1) is 0 Å². The van der Waals surface area contributed by atoms with Crippen LogP contribution in [-0.4, -0.2) is 54.5 Å². The highest BCUT2D eigenvalue weighted by molar-refractivity contribution is 5.82. The Morgan fingerprint density at radius 3 is 2.73 bits per heavy atom. The third-order valence-electron chi connectivity index (χ3n) is 5.13. The zero-order chi connectivity index (χ0) is 17.8. The smallest absolute Gasteiger partial charge is 0.238 e. The number of benzene rings is 2. The van der Waals surface area contributed by atoms with E-state index in [4.69, 9.17) is 4.74 Å². The van der Waals surface area contributed by atoms with Gasteiger partial charge >= 0.3 is 0 Å². The molecule has 4 rings (SSSR count). The summed E-state index contributed by atoms with van der Waals surface area (Å²) in [7, 11) is 0. The van der Waals surface area contributed by atoms with Crippen LogP contribution < -0.4 is 10.1 Å². The van der Waals surface area contributed by atoms with Crippen molar-refractivity contribution in [2.45, 2.75) is 19.2 Å². The molecule has 0 bridgehead atoms. The van der Waals surface area contributed by atoms with E-state index in [0.29, 0.717) is 6.61 Å². The number of hydrogen-bond donors (Lipinski definition) is 1. The molecule has 0 unspecified atom stereocenters. The summed E-state index contributed by atoms with van der Waals surface area (Å²) in [6.07, 6.45) is 0. The van der Waals surface area contributed by atoms with Gasteiger partial charge in [-0.25, -0.2) is 0 Å². The highest BCUT2D eigenvalue weighted by Gasteiger charge is 2.34. The van der Waals surface area contributed by atoms with Crippen LogP contribution in [0.15, 0.2) is 54.6 Å². The lowest BCUT2D eigenvalue weighted by atomic mass is 10.1. The maximum absolute atomic E-state index is 12.1. The Hall–Kier alpha value is -2.37. The summed E-state index contributed by atoms with van der Waals surface area (Å²) in [6.45, 7) is 5.91. The normalized spacial score (nSPS) is 21.1. The molecule has 26 heavy (non-hydrogen) atoms. The minimum atomic E-state index is -0.00462. The number of carbonyl (C=O) groups is 1. The first-order valence-corrected chi connectivity index (χ1v) is 9.28. The van der Waals surface area contributed by atoms with E-state index >= 15 is 0 Å². The first-order valence-electron chi connectivity index (χ1n) is 9.28. The molecule has 2 fully saturated rings. The third-order valence-corrected chi connectivity index (χ3v) is 5.13. The average molecular weight is 351 g/mol. The number of carbonyl (C=O) groups excluding carboxylic acids is 1. The fourth-order valence-corrected chi connectivity index (χ4v) is 3.71. The number of amides is 1. The van der Waals surface area contributed by atoms with Crippen molar-refractivity contribution in [3.05, 3.63) is 65.7 Å². The molecule has 5 nitrogen and oxygen atoms in total. The Morgan fingerprint density at radius 1 is 1.00 bits per heavy atom. The molecule has 2 heterocycles. The Kier molecular flexibility index (Phi) is 5.18. The first-order chi connectivity index (χ1) is 12.8. The Balaban J connectivity index is 1.35. The van der Waals surface area contributed by atoms with Crippen LogP contribution in [0.25, 0.3) is 0 Å². The highest BCUT2D eigenvalue weighted by atomic mass is 16.5. The van der Waals surface area contributed by atoms with Gasteiger partial charge in [0.25, 0.3) is 0 Å². The van der Waals surface area contributed by atoms with Gasteiger partial charge in [0, 0.05) is 39.3 Å². The van der Waals surface area contributed by atoms with Crippen LogP contribution in [0.1, 0.15) is 11.1 Å². The molecule has 0 aromatic heterocycles. The van der Waals surface area contributed by atoms with E-state index in [9.17, 15) is 4.79 Å². The number of rotatable bonds is 5. The van der Waals surface area contributed by atoms with Gasteiger partial charge in [-0.05, 0) is 23.3 Å². The topological polar surface area (TPSA) is 44.8 Å². The van der Waals surface area contributed by atoms with Crippen molar-refractivity contribution in [2.24, 2.45) is 0 Å². The van der Waals surface area contributed by atoms with Crippen molar-refractivity contribution in [2.75, 3.05) is 32.7 Å². The second-order valence-corrected chi connectivity index (χ2v) is 7.00. The van der Waals surface area contributed by atoms with E-state index < -0.39 is 0 Å². The molecule has 0 saturated carbocycles. The maximum Gasteiger partial charge on any atom is 0.238 e. The molecule has 2 saturated heterocycles. The number of hydrogen-bond acceptors (Lipinski definition) is 4. The predicted octanol–water partition coefficient (Wildman–Crippen LogP) is 1.88. The molecule has 2 aromatic carbocycles. The number of fused-ring (bicyclic) bond motifs is 1. The van der Waals surface area contributed by atoms with Crippen LogP contribution in [0.2, 0.25) is 0 Å². The molecule has 1 atom stereocenters. The van der Waals surface area contributed by atoms with Crippen molar-refractivity contribution in [3.63, 3.8) is 0 Å². The van der Waals surface area contributed by atoms with E-state index in [1.165, 1.54) is 5.56 Å². The van der Waals surface area contributed by atoms with E-state index in [1.807, 2.05) is 30.3 Å². The van der Waals surface area contributed by atoms with Gasteiger partial charge in [-0.1, -0.05) is 42.5 Å². The minimum absolute atomic E-state index is 0.00462. The average Bonchev–Trinajstić information content (AvgIpc) is 2.68. The Morgan fingerprint density at radius 2 is 1.85 bits per heavy atom. The molecule has 136 valence electrons. The zero-order valence-electron chi connectivity index (χ0n) is 14.9. The molecular formula is C21H25N3O2. The number of nitrogens with zero attached hydrogens (tertiary/aromatic N) is 2. The summed E-state index contributed by atoms with van der Waals surface area (Å²) in [5.74, 6) is 1.06. The SMILES string of the molecule is O=C1NCCN2CCN(Cc3cccc(OCc4ccccc4)c3)C[C@@H]12. The molecule has 0 aliphatic carbocycles. The van der Waals surface area contributed by atoms with Gasteiger partial charge in [0.2, 0.25) is 5.91 Å². The van der Waals surface area contributed by atoms with Crippen molar-refractivity contribution in [3.8, 4) is 5.75 Å². The van der Waals surface area contributed by atoms with Gasteiger partial charge in [-0.3, -0.25) is 14.6 Å². The minimum Gasteiger partial charge on any atom is -0.489 e. The van der Waals surface area contributed by atoms with Crippen LogP contribution in [0.4, 0.5) is 0 Å². The van der Waals surface area contributed by atoms with Crippen LogP contribution in [0.3, 0.4) is 0 Å². The molecule has 1 N–H and O–H groups in total. The van der Waals surface area contributed by atoms with Gasteiger partial charge in [0.1, 0.15) is 18.4 Å². The van der Waals surface area contributed by atoms with Crippen molar-refractivity contribution < 1.29 is 9.53 Å². The lowest BCUT2D eigenvalue weighted by Crippen LogP contribution is -2.63. The highest BCUT2D eigenvalue weighted by Crippen LogP contribution is 2.19. The number of nitrogens with one attached hydrogen (secondary N) is 1. The van der Waals surface area contributed by atoms with E-state index in [0.717, 1.165) is 50.6 Å². The fourth-order valence-electron chi connectivity index (χ4n) is 3.71. The third kappa shape index (κ3) is 4.06. The zero-order valence-corrected chi connectivity index (χ0v) is 14.9. The van der Waals surface area contributed by atoms with Gasteiger partial charge in [-0.15, -0.1) is 0 Å². The Bertz CT molecular complexity index is 750. The monoisotopic (exact) mass is 351 g/mol. The lowest BCUT2D eigenvalue weighted by Gasteiger charge is -2.43. The summed E-state index contributed by atoms with van der Waals surface area (Å²) in [5.41, 5.74) is 2.39. The summed E-state index contributed by atoms with van der Waals surface area (Å²) in [5, 5.41) is 2.98. The largest absolute Gasteiger partial charge is 0.489 e. The van der Waals surface area contributed by atoms with Crippen molar-refractivity contribution in [1.29, 1.82) is 0 Å². The molecular weight excluding hydrogens is 326 g/mol. The Labute approximate surface area is 154 Å².